The molecule has 0 spiro atoms. The number of para-hydroxylation sites is 1. The molecule has 1 aromatic carbocycles. The smallest absolute Gasteiger partial charge is 0.124 e. The van der Waals surface area contributed by atoms with Crippen molar-refractivity contribution < 1.29 is 9.47 Å². The minimum atomic E-state index is 0.166. The van der Waals surface area contributed by atoms with E-state index >= 15 is 0 Å². The van der Waals surface area contributed by atoms with Gasteiger partial charge in [0, 0.05) is 31.7 Å². The number of hydrogen-bond acceptors (Lipinski definition) is 3. The molecule has 0 aliphatic heterocycles. The molecule has 0 bridgehead atoms. The normalized spacial score (nSPS) is 14.1. The molecule has 0 amide bonds. The fourth-order valence-corrected chi connectivity index (χ4v) is 1.98. The molecule has 0 saturated carbocycles. The Morgan fingerprint density at radius 3 is 2.63 bits per heavy atom. The zero-order valence-electron chi connectivity index (χ0n) is 12.6. The molecule has 0 aliphatic rings. The third-order valence-corrected chi connectivity index (χ3v) is 3.14. The average Bonchev–Trinajstić information content (AvgIpc) is 2.43. The highest BCUT2D eigenvalue weighted by atomic mass is 16.5. The zero-order chi connectivity index (χ0) is 14.1. The Balaban J connectivity index is 2.66. The lowest BCUT2D eigenvalue weighted by Gasteiger charge is -2.21. The maximum absolute atomic E-state index is 6.03. The first-order valence-corrected chi connectivity index (χ1v) is 7.17. The summed E-state index contributed by atoms with van der Waals surface area (Å²) < 4.78 is 11.1. The highest BCUT2D eigenvalue weighted by Crippen LogP contribution is 2.26. The number of ether oxygens (including phenoxy) is 2. The van der Waals surface area contributed by atoms with Crippen LogP contribution in [0.15, 0.2) is 24.3 Å². The monoisotopic (exact) mass is 265 g/mol. The number of hydrogen-bond donors (Lipinski definition) is 1. The number of nitrogens with one attached hydrogen (secondary N) is 1. The third kappa shape index (κ3) is 5.62. The highest BCUT2D eigenvalue weighted by molar-refractivity contribution is 5.35. The Kier molecular flexibility index (Phi) is 7.53. The molecule has 0 saturated heterocycles. The first-order chi connectivity index (χ1) is 9.19. The van der Waals surface area contributed by atoms with E-state index in [2.05, 4.69) is 38.2 Å². The zero-order valence-corrected chi connectivity index (χ0v) is 12.6. The Morgan fingerprint density at radius 2 is 1.95 bits per heavy atom. The predicted molar refractivity (Wildman–Crippen MR) is 79.7 cm³/mol. The SMILES string of the molecule is CCCNC(C)c1ccccc1OC(C)CCOC. The summed E-state index contributed by atoms with van der Waals surface area (Å²) in [6.07, 6.45) is 2.21. The van der Waals surface area contributed by atoms with E-state index in [9.17, 15) is 0 Å². The number of rotatable bonds is 9. The van der Waals surface area contributed by atoms with Crippen molar-refractivity contribution in [3.8, 4) is 5.75 Å². The molecule has 0 fully saturated rings. The van der Waals surface area contributed by atoms with Crippen LogP contribution in [0.5, 0.6) is 5.75 Å². The molecule has 2 atom stereocenters. The maximum Gasteiger partial charge on any atom is 0.124 e. The molecule has 2 unspecified atom stereocenters. The topological polar surface area (TPSA) is 30.5 Å². The van der Waals surface area contributed by atoms with Crippen molar-refractivity contribution in [3.63, 3.8) is 0 Å². The van der Waals surface area contributed by atoms with Gasteiger partial charge in [0.05, 0.1) is 6.10 Å². The van der Waals surface area contributed by atoms with E-state index in [1.54, 1.807) is 7.11 Å². The lowest BCUT2D eigenvalue weighted by Crippen LogP contribution is -2.21. The van der Waals surface area contributed by atoms with Gasteiger partial charge in [-0.15, -0.1) is 0 Å². The molecular formula is C16H27NO2. The van der Waals surface area contributed by atoms with Gasteiger partial charge in [-0.05, 0) is 32.9 Å². The van der Waals surface area contributed by atoms with Crippen molar-refractivity contribution in [2.45, 2.75) is 45.8 Å². The minimum absolute atomic E-state index is 0.166. The standard InChI is InChI=1S/C16H27NO2/c1-5-11-17-14(3)15-8-6-7-9-16(15)19-13(2)10-12-18-4/h6-9,13-14,17H,5,10-12H2,1-4H3. The van der Waals surface area contributed by atoms with Gasteiger partial charge in [-0.2, -0.15) is 0 Å². The minimum Gasteiger partial charge on any atom is -0.490 e. The molecular weight excluding hydrogens is 238 g/mol. The molecule has 1 N–H and O–H groups in total. The lowest BCUT2D eigenvalue weighted by molar-refractivity contribution is 0.134. The van der Waals surface area contributed by atoms with Crippen LogP contribution in [0.1, 0.15) is 45.2 Å². The first kappa shape index (κ1) is 16.0. The summed E-state index contributed by atoms with van der Waals surface area (Å²) in [4.78, 5) is 0. The summed E-state index contributed by atoms with van der Waals surface area (Å²) in [5, 5.41) is 3.50. The predicted octanol–water partition coefficient (Wildman–Crippen LogP) is 3.55. The average molecular weight is 265 g/mol. The summed E-state index contributed by atoms with van der Waals surface area (Å²) >= 11 is 0. The van der Waals surface area contributed by atoms with Crippen molar-refractivity contribution >= 4 is 0 Å². The molecule has 1 rings (SSSR count). The second-order valence-corrected chi connectivity index (χ2v) is 4.92. The largest absolute Gasteiger partial charge is 0.490 e. The lowest BCUT2D eigenvalue weighted by atomic mass is 10.1. The van der Waals surface area contributed by atoms with Crippen molar-refractivity contribution in [2.75, 3.05) is 20.3 Å². The molecule has 19 heavy (non-hydrogen) atoms. The van der Waals surface area contributed by atoms with Crippen molar-refractivity contribution in [2.24, 2.45) is 0 Å². The first-order valence-electron chi connectivity index (χ1n) is 7.17. The number of methoxy groups -OCH3 is 1. The Labute approximate surface area is 117 Å². The van der Waals surface area contributed by atoms with Crippen LogP contribution in [0.3, 0.4) is 0 Å². The summed E-state index contributed by atoms with van der Waals surface area (Å²) in [6, 6.07) is 8.57. The summed E-state index contributed by atoms with van der Waals surface area (Å²) in [5.74, 6) is 0.974. The molecule has 0 aliphatic carbocycles. The third-order valence-electron chi connectivity index (χ3n) is 3.14. The molecule has 0 aromatic heterocycles. The number of benzene rings is 1. The van der Waals surface area contributed by atoms with Gasteiger partial charge in [0.25, 0.3) is 0 Å². The van der Waals surface area contributed by atoms with Gasteiger partial charge >= 0.3 is 0 Å². The second-order valence-electron chi connectivity index (χ2n) is 4.92. The van der Waals surface area contributed by atoms with Gasteiger partial charge < -0.3 is 14.8 Å². The van der Waals surface area contributed by atoms with Gasteiger partial charge in [-0.25, -0.2) is 0 Å². The van der Waals surface area contributed by atoms with Crippen LogP contribution in [-0.2, 0) is 4.74 Å². The highest BCUT2D eigenvalue weighted by Gasteiger charge is 2.12. The van der Waals surface area contributed by atoms with Gasteiger partial charge in [0.1, 0.15) is 5.75 Å². The van der Waals surface area contributed by atoms with E-state index in [4.69, 9.17) is 9.47 Å². The van der Waals surface area contributed by atoms with Gasteiger partial charge in [-0.1, -0.05) is 25.1 Å². The Hall–Kier alpha value is -1.06. The van der Waals surface area contributed by atoms with Crippen LogP contribution in [0, 0.1) is 0 Å². The molecule has 108 valence electrons. The van der Waals surface area contributed by atoms with Crippen LogP contribution in [-0.4, -0.2) is 26.4 Å². The van der Waals surface area contributed by atoms with Gasteiger partial charge in [-0.3, -0.25) is 0 Å². The van der Waals surface area contributed by atoms with E-state index in [0.29, 0.717) is 6.04 Å². The van der Waals surface area contributed by atoms with E-state index < -0.39 is 0 Å². The molecule has 0 heterocycles. The van der Waals surface area contributed by atoms with Crippen LogP contribution in [0.4, 0.5) is 0 Å². The fourth-order valence-electron chi connectivity index (χ4n) is 1.98. The molecule has 3 heteroatoms. The second kappa shape index (κ2) is 8.94. The van der Waals surface area contributed by atoms with Crippen molar-refractivity contribution in [3.05, 3.63) is 29.8 Å². The van der Waals surface area contributed by atoms with Crippen LogP contribution in [0.2, 0.25) is 0 Å². The van der Waals surface area contributed by atoms with Gasteiger partial charge in [0.2, 0.25) is 0 Å². The van der Waals surface area contributed by atoms with Crippen LogP contribution < -0.4 is 10.1 Å². The Morgan fingerprint density at radius 1 is 1.21 bits per heavy atom. The summed E-state index contributed by atoms with van der Waals surface area (Å²) in [6.45, 7) is 8.19. The van der Waals surface area contributed by atoms with E-state index in [1.807, 2.05) is 12.1 Å². The van der Waals surface area contributed by atoms with Crippen LogP contribution in [0.25, 0.3) is 0 Å². The quantitative estimate of drug-likeness (QED) is 0.740. The summed E-state index contributed by atoms with van der Waals surface area (Å²) in [7, 11) is 1.72. The fraction of sp³-hybridized carbons (Fsp3) is 0.625. The van der Waals surface area contributed by atoms with Crippen molar-refractivity contribution in [1.29, 1.82) is 0 Å². The van der Waals surface area contributed by atoms with E-state index in [-0.39, 0.29) is 6.10 Å². The molecule has 1 aromatic rings. The molecule has 3 nitrogen and oxygen atoms in total. The van der Waals surface area contributed by atoms with E-state index in [0.717, 1.165) is 31.7 Å². The summed E-state index contributed by atoms with van der Waals surface area (Å²) in [5.41, 5.74) is 1.22. The van der Waals surface area contributed by atoms with Crippen LogP contribution >= 0.6 is 0 Å². The van der Waals surface area contributed by atoms with E-state index in [1.165, 1.54) is 5.56 Å². The maximum atomic E-state index is 6.03. The van der Waals surface area contributed by atoms with Crippen molar-refractivity contribution in [1.82, 2.24) is 5.32 Å². The van der Waals surface area contributed by atoms with Gasteiger partial charge in [0.15, 0.2) is 0 Å². The molecule has 0 radical (unpaired) electrons. The Bertz CT molecular complexity index is 354.